The molecular formula is C19H24O4. The molecule has 1 aliphatic carbocycles. The number of ketones is 1. The maximum absolute atomic E-state index is 12.4. The lowest BCUT2D eigenvalue weighted by molar-refractivity contribution is -0.140. The fraction of sp³-hybridized carbons (Fsp3) is 0.474. The second-order valence-corrected chi connectivity index (χ2v) is 6.03. The minimum absolute atomic E-state index is 0.0894. The van der Waals surface area contributed by atoms with E-state index in [4.69, 9.17) is 4.74 Å². The van der Waals surface area contributed by atoms with E-state index in [-0.39, 0.29) is 17.7 Å². The maximum atomic E-state index is 12.4. The summed E-state index contributed by atoms with van der Waals surface area (Å²) in [5.74, 6) is 0.122. The van der Waals surface area contributed by atoms with Gasteiger partial charge in [-0.3, -0.25) is 9.59 Å². The number of hydrogen-bond acceptors (Lipinski definition) is 4. The molecule has 0 aromatic heterocycles. The molecule has 0 aliphatic heterocycles. The van der Waals surface area contributed by atoms with Crippen LogP contribution in [0.4, 0.5) is 0 Å². The van der Waals surface area contributed by atoms with E-state index in [1.54, 1.807) is 6.08 Å². The lowest BCUT2D eigenvalue weighted by Crippen LogP contribution is -2.34. The van der Waals surface area contributed by atoms with Gasteiger partial charge in [-0.25, -0.2) is 0 Å². The lowest BCUT2D eigenvalue weighted by Gasteiger charge is -2.24. The Morgan fingerprint density at radius 1 is 1.39 bits per heavy atom. The van der Waals surface area contributed by atoms with E-state index in [9.17, 15) is 9.59 Å². The van der Waals surface area contributed by atoms with Crippen molar-refractivity contribution in [2.75, 3.05) is 7.11 Å². The minimum Gasteiger partial charge on any atom is -0.469 e. The highest BCUT2D eigenvalue weighted by Gasteiger charge is 2.45. The minimum atomic E-state index is -0.883. The van der Waals surface area contributed by atoms with Crippen LogP contribution < -0.4 is 0 Å². The molecule has 1 fully saturated rings. The van der Waals surface area contributed by atoms with Crippen LogP contribution >= 0.6 is 0 Å². The summed E-state index contributed by atoms with van der Waals surface area (Å²) in [7, 11) is 1.39. The number of methoxy groups -OCH3 is 1. The smallest absolute Gasteiger partial charge is 0.305 e. The van der Waals surface area contributed by atoms with Crippen molar-refractivity contribution in [1.29, 1.82) is 0 Å². The predicted octanol–water partition coefficient (Wildman–Crippen LogP) is 3.45. The molecule has 1 aromatic carbocycles. The Hall–Kier alpha value is -1.94. The normalized spacial score (nSPS) is 23.7. The first-order valence-corrected chi connectivity index (χ1v) is 8.01. The van der Waals surface area contributed by atoms with Gasteiger partial charge < -0.3 is 9.47 Å². The molecule has 0 saturated heterocycles. The zero-order chi connectivity index (χ0) is 16.7. The highest BCUT2D eigenvalue weighted by atomic mass is 16.5. The van der Waals surface area contributed by atoms with Crippen LogP contribution in [0.3, 0.4) is 0 Å². The molecule has 1 aromatic rings. The van der Waals surface area contributed by atoms with Gasteiger partial charge in [0.25, 0.3) is 0 Å². The van der Waals surface area contributed by atoms with E-state index in [2.05, 4.69) is 11.3 Å². The first-order chi connectivity index (χ1) is 11.1. The lowest BCUT2D eigenvalue weighted by atomic mass is 9.96. The fourth-order valence-electron chi connectivity index (χ4n) is 3.07. The SMILES string of the molecule is C=C[C@]1(OCc2ccccc2)C[C@H](CCCC(=O)OC)CC1=O. The number of hydrogen-bond donors (Lipinski definition) is 0. The monoisotopic (exact) mass is 316 g/mol. The van der Waals surface area contributed by atoms with Gasteiger partial charge in [0.2, 0.25) is 0 Å². The molecule has 1 aliphatic rings. The number of esters is 1. The van der Waals surface area contributed by atoms with Crippen LogP contribution in [-0.2, 0) is 25.7 Å². The van der Waals surface area contributed by atoms with E-state index in [1.165, 1.54) is 7.11 Å². The summed E-state index contributed by atoms with van der Waals surface area (Å²) in [6.07, 6.45) is 4.72. The van der Waals surface area contributed by atoms with Crippen molar-refractivity contribution in [2.24, 2.45) is 5.92 Å². The summed E-state index contributed by atoms with van der Waals surface area (Å²) in [5.41, 5.74) is 0.154. The van der Waals surface area contributed by atoms with Crippen molar-refractivity contribution >= 4 is 11.8 Å². The zero-order valence-corrected chi connectivity index (χ0v) is 13.6. The van der Waals surface area contributed by atoms with Crippen LogP contribution in [0.1, 0.15) is 37.7 Å². The summed E-state index contributed by atoms with van der Waals surface area (Å²) >= 11 is 0. The summed E-state index contributed by atoms with van der Waals surface area (Å²) < 4.78 is 10.6. The molecule has 4 nitrogen and oxygen atoms in total. The predicted molar refractivity (Wildman–Crippen MR) is 87.8 cm³/mol. The topological polar surface area (TPSA) is 52.6 Å². The molecule has 124 valence electrons. The number of rotatable bonds is 8. The van der Waals surface area contributed by atoms with Gasteiger partial charge in [-0.1, -0.05) is 43.0 Å². The Bertz CT molecular complexity index is 552. The number of benzene rings is 1. The first-order valence-electron chi connectivity index (χ1n) is 8.01. The van der Waals surface area contributed by atoms with Crippen molar-refractivity contribution in [3.05, 3.63) is 48.6 Å². The quantitative estimate of drug-likeness (QED) is 0.544. The Kier molecular flexibility index (Phi) is 6.11. The van der Waals surface area contributed by atoms with Crippen LogP contribution in [0.15, 0.2) is 43.0 Å². The summed E-state index contributed by atoms with van der Waals surface area (Å²) in [6.45, 7) is 4.21. The standard InChI is InChI=1S/C19H24O4/c1-3-19(23-14-15-8-5-4-6-9-15)13-16(12-17(19)20)10-7-11-18(21)22-2/h3-6,8-9,16H,1,7,10-14H2,2H3/t16-,19+/m1/s1. The van der Waals surface area contributed by atoms with Crippen molar-refractivity contribution < 1.29 is 19.1 Å². The number of carbonyl (C=O) groups is 2. The van der Waals surface area contributed by atoms with Crippen molar-refractivity contribution in [1.82, 2.24) is 0 Å². The van der Waals surface area contributed by atoms with Gasteiger partial charge in [-0.05, 0) is 30.7 Å². The average molecular weight is 316 g/mol. The van der Waals surface area contributed by atoms with Crippen molar-refractivity contribution in [3.63, 3.8) is 0 Å². The van der Waals surface area contributed by atoms with Gasteiger partial charge in [-0.2, -0.15) is 0 Å². The van der Waals surface area contributed by atoms with Crippen molar-refractivity contribution in [2.45, 2.75) is 44.3 Å². The third kappa shape index (κ3) is 4.52. The molecule has 1 saturated carbocycles. The second kappa shape index (κ2) is 8.06. The highest BCUT2D eigenvalue weighted by molar-refractivity contribution is 5.91. The van der Waals surface area contributed by atoms with Gasteiger partial charge in [0, 0.05) is 12.8 Å². The average Bonchev–Trinajstić information content (AvgIpc) is 2.90. The van der Waals surface area contributed by atoms with E-state index < -0.39 is 5.60 Å². The Morgan fingerprint density at radius 3 is 2.78 bits per heavy atom. The molecule has 0 spiro atoms. The maximum Gasteiger partial charge on any atom is 0.305 e. The Labute approximate surface area is 137 Å². The van der Waals surface area contributed by atoms with Crippen LogP contribution in [-0.4, -0.2) is 24.5 Å². The van der Waals surface area contributed by atoms with Crippen LogP contribution in [0.2, 0.25) is 0 Å². The van der Waals surface area contributed by atoms with Gasteiger partial charge in [-0.15, -0.1) is 0 Å². The molecular weight excluding hydrogens is 292 g/mol. The van der Waals surface area contributed by atoms with Gasteiger partial charge in [0.1, 0.15) is 5.60 Å². The highest BCUT2D eigenvalue weighted by Crippen LogP contribution is 2.38. The number of ether oxygens (including phenoxy) is 2. The number of Topliss-reactive ketones (excluding diaryl/α,β-unsaturated/α-hetero) is 1. The molecule has 0 heterocycles. The fourth-order valence-corrected chi connectivity index (χ4v) is 3.07. The molecule has 4 heteroatoms. The number of carbonyl (C=O) groups excluding carboxylic acids is 2. The molecule has 0 N–H and O–H groups in total. The molecule has 2 atom stereocenters. The Morgan fingerprint density at radius 2 is 2.13 bits per heavy atom. The molecule has 0 unspecified atom stereocenters. The van der Waals surface area contributed by atoms with E-state index in [0.717, 1.165) is 18.4 Å². The zero-order valence-electron chi connectivity index (χ0n) is 13.6. The van der Waals surface area contributed by atoms with Gasteiger partial charge >= 0.3 is 5.97 Å². The van der Waals surface area contributed by atoms with E-state index in [1.807, 2.05) is 30.3 Å². The largest absolute Gasteiger partial charge is 0.469 e. The van der Waals surface area contributed by atoms with E-state index in [0.29, 0.717) is 25.9 Å². The van der Waals surface area contributed by atoms with Crippen LogP contribution in [0.25, 0.3) is 0 Å². The third-order valence-corrected chi connectivity index (χ3v) is 4.43. The van der Waals surface area contributed by atoms with Crippen molar-refractivity contribution in [3.8, 4) is 0 Å². The van der Waals surface area contributed by atoms with Gasteiger partial charge in [0.15, 0.2) is 5.78 Å². The third-order valence-electron chi connectivity index (χ3n) is 4.43. The van der Waals surface area contributed by atoms with Crippen LogP contribution in [0.5, 0.6) is 0 Å². The molecule has 2 rings (SSSR count). The summed E-state index contributed by atoms with van der Waals surface area (Å²) in [6, 6.07) is 9.80. The van der Waals surface area contributed by atoms with E-state index >= 15 is 0 Å². The second-order valence-electron chi connectivity index (χ2n) is 6.03. The molecule has 0 bridgehead atoms. The van der Waals surface area contributed by atoms with Gasteiger partial charge in [0.05, 0.1) is 13.7 Å². The molecule has 0 amide bonds. The first kappa shape index (κ1) is 17.4. The summed E-state index contributed by atoms with van der Waals surface area (Å²) in [5, 5.41) is 0. The Balaban J connectivity index is 1.89. The van der Waals surface area contributed by atoms with Crippen LogP contribution in [0, 0.1) is 5.92 Å². The molecule has 23 heavy (non-hydrogen) atoms. The summed E-state index contributed by atoms with van der Waals surface area (Å²) in [4.78, 5) is 23.6. The molecule has 0 radical (unpaired) electrons.